The number of nitrogens with zero attached hydrogens (tertiary/aromatic N) is 1. The number of halogens is 3. The molecule has 1 heterocycles. The summed E-state index contributed by atoms with van der Waals surface area (Å²) >= 11 is 0. The number of nitrogens with two attached hydrogens (primary N) is 1. The third kappa shape index (κ3) is 1.84. The predicted octanol–water partition coefficient (Wildman–Crippen LogP) is 1.89. The van der Waals surface area contributed by atoms with Gasteiger partial charge in [-0.2, -0.15) is 13.2 Å². The van der Waals surface area contributed by atoms with E-state index in [0.29, 0.717) is 0 Å². The van der Waals surface area contributed by atoms with Gasteiger partial charge in [0.05, 0.1) is 0 Å². The van der Waals surface area contributed by atoms with Crippen LogP contribution >= 0.6 is 0 Å². The molecule has 0 atom stereocenters. The fourth-order valence-electron chi connectivity index (χ4n) is 1.04. The van der Waals surface area contributed by atoms with Gasteiger partial charge in [-0.05, 0) is 6.07 Å². The monoisotopic (exact) mass is 204 g/mol. The van der Waals surface area contributed by atoms with E-state index in [9.17, 15) is 18.0 Å². The van der Waals surface area contributed by atoms with Crippen molar-refractivity contribution in [3.63, 3.8) is 0 Å². The van der Waals surface area contributed by atoms with Crippen LogP contribution in [0.2, 0.25) is 0 Å². The first-order chi connectivity index (χ1) is 6.34. The van der Waals surface area contributed by atoms with E-state index >= 15 is 0 Å². The van der Waals surface area contributed by atoms with Gasteiger partial charge in [0.15, 0.2) is 5.78 Å². The van der Waals surface area contributed by atoms with Crippen LogP contribution in [-0.2, 0) is 6.18 Å². The van der Waals surface area contributed by atoms with Gasteiger partial charge >= 0.3 is 6.18 Å². The van der Waals surface area contributed by atoms with Crippen molar-refractivity contribution < 1.29 is 18.0 Å². The molecule has 0 aliphatic heterocycles. The van der Waals surface area contributed by atoms with Gasteiger partial charge in [0.1, 0.15) is 11.3 Å². The predicted molar refractivity (Wildman–Crippen MR) is 43.7 cm³/mol. The second-order valence-electron chi connectivity index (χ2n) is 2.68. The summed E-state index contributed by atoms with van der Waals surface area (Å²) in [7, 11) is 0. The lowest BCUT2D eigenvalue weighted by Gasteiger charge is -2.11. The molecule has 6 heteroatoms. The molecule has 0 saturated carbocycles. The van der Waals surface area contributed by atoms with Crippen LogP contribution in [0.4, 0.5) is 18.9 Å². The van der Waals surface area contributed by atoms with E-state index in [0.717, 1.165) is 19.2 Å². The largest absolute Gasteiger partial charge is 0.420 e. The van der Waals surface area contributed by atoms with Gasteiger partial charge < -0.3 is 5.73 Å². The molecule has 0 radical (unpaired) electrons. The Labute approximate surface area is 77.7 Å². The molecule has 0 bridgehead atoms. The van der Waals surface area contributed by atoms with Crippen molar-refractivity contribution in [2.75, 3.05) is 5.73 Å². The number of anilines is 1. The van der Waals surface area contributed by atoms with Crippen molar-refractivity contribution in [3.05, 3.63) is 23.5 Å². The maximum absolute atomic E-state index is 12.4. The average Bonchev–Trinajstić information content (AvgIpc) is 2.01. The first kappa shape index (κ1) is 10.5. The maximum Gasteiger partial charge on any atom is 0.420 e. The number of aromatic nitrogens is 1. The van der Waals surface area contributed by atoms with Crippen molar-refractivity contribution in [3.8, 4) is 0 Å². The van der Waals surface area contributed by atoms with Crippen LogP contribution in [0.15, 0.2) is 12.3 Å². The molecule has 0 aromatic carbocycles. The highest BCUT2D eigenvalue weighted by Crippen LogP contribution is 2.35. The van der Waals surface area contributed by atoms with Crippen molar-refractivity contribution in [1.29, 1.82) is 0 Å². The van der Waals surface area contributed by atoms with Crippen molar-refractivity contribution in [2.24, 2.45) is 0 Å². The minimum Gasteiger partial charge on any atom is -0.398 e. The SMILES string of the molecule is CC(=O)c1nccc(N)c1C(F)(F)F. The second kappa shape index (κ2) is 3.28. The van der Waals surface area contributed by atoms with E-state index < -0.39 is 28.9 Å². The Morgan fingerprint density at radius 1 is 1.50 bits per heavy atom. The molecule has 0 unspecified atom stereocenters. The zero-order valence-corrected chi connectivity index (χ0v) is 7.22. The quantitative estimate of drug-likeness (QED) is 0.710. The molecule has 0 fully saturated rings. The molecule has 0 spiro atoms. The van der Waals surface area contributed by atoms with E-state index in [1.807, 2.05) is 0 Å². The van der Waals surface area contributed by atoms with Gasteiger partial charge in [-0.1, -0.05) is 0 Å². The van der Waals surface area contributed by atoms with E-state index in [2.05, 4.69) is 4.98 Å². The summed E-state index contributed by atoms with van der Waals surface area (Å²) in [6.45, 7) is 1.01. The molecule has 0 aliphatic carbocycles. The van der Waals surface area contributed by atoms with E-state index in [-0.39, 0.29) is 0 Å². The molecule has 0 aliphatic rings. The van der Waals surface area contributed by atoms with E-state index in [1.165, 1.54) is 0 Å². The topological polar surface area (TPSA) is 56.0 Å². The number of carbonyl (C=O) groups is 1. The highest BCUT2D eigenvalue weighted by atomic mass is 19.4. The summed E-state index contributed by atoms with van der Waals surface area (Å²) < 4.78 is 37.2. The third-order valence-electron chi connectivity index (χ3n) is 1.60. The Morgan fingerprint density at radius 2 is 2.07 bits per heavy atom. The van der Waals surface area contributed by atoms with Crippen LogP contribution in [0.3, 0.4) is 0 Å². The number of ketones is 1. The number of hydrogen-bond donors (Lipinski definition) is 1. The third-order valence-corrected chi connectivity index (χ3v) is 1.60. The summed E-state index contributed by atoms with van der Waals surface area (Å²) in [4.78, 5) is 14.2. The summed E-state index contributed by atoms with van der Waals surface area (Å²) in [5.41, 5.74) is 2.84. The minimum absolute atomic E-state index is 0.488. The molecule has 76 valence electrons. The number of carbonyl (C=O) groups excluding carboxylic acids is 1. The van der Waals surface area contributed by atoms with Gasteiger partial charge in [0.2, 0.25) is 0 Å². The molecule has 1 aromatic rings. The van der Waals surface area contributed by atoms with Crippen LogP contribution in [0.1, 0.15) is 23.0 Å². The van der Waals surface area contributed by atoms with Gasteiger partial charge in [-0.3, -0.25) is 9.78 Å². The van der Waals surface area contributed by atoms with Gasteiger partial charge in [0, 0.05) is 18.8 Å². The number of hydrogen-bond acceptors (Lipinski definition) is 3. The molecule has 3 nitrogen and oxygen atoms in total. The number of nitrogen functional groups attached to an aromatic ring is 1. The minimum atomic E-state index is -4.65. The summed E-state index contributed by atoms with van der Waals surface area (Å²) in [6.07, 6.45) is -3.58. The van der Waals surface area contributed by atoms with Crippen molar-refractivity contribution in [1.82, 2.24) is 4.98 Å². The summed E-state index contributed by atoms with van der Waals surface area (Å²) in [5.74, 6) is -0.760. The lowest BCUT2D eigenvalue weighted by molar-refractivity contribution is -0.137. The van der Waals surface area contributed by atoms with Crippen LogP contribution in [-0.4, -0.2) is 10.8 Å². The summed E-state index contributed by atoms with van der Waals surface area (Å²) in [6, 6.07) is 1.01. The first-order valence-electron chi connectivity index (χ1n) is 3.66. The molecule has 0 amide bonds. The van der Waals surface area contributed by atoms with Crippen LogP contribution in [0, 0.1) is 0 Å². The van der Waals surface area contributed by atoms with Crippen LogP contribution < -0.4 is 5.73 Å². The van der Waals surface area contributed by atoms with Gasteiger partial charge in [0.25, 0.3) is 0 Å². The Bertz CT molecular complexity index is 373. The molecule has 0 saturated heterocycles. The zero-order valence-electron chi connectivity index (χ0n) is 7.22. The molecular formula is C8H7F3N2O. The molecule has 1 aromatic heterocycles. The van der Waals surface area contributed by atoms with Crippen LogP contribution in [0.5, 0.6) is 0 Å². The van der Waals surface area contributed by atoms with Gasteiger partial charge in [-0.15, -0.1) is 0 Å². The van der Waals surface area contributed by atoms with E-state index in [4.69, 9.17) is 5.73 Å². The second-order valence-corrected chi connectivity index (χ2v) is 2.68. The fraction of sp³-hybridized carbons (Fsp3) is 0.250. The molecule has 2 N–H and O–H groups in total. The standard InChI is InChI=1S/C8H7F3N2O/c1-4(14)7-6(8(9,10)11)5(12)2-3-13-7/h2-3H,1H3,(H2,12,13). The average molecular weight is 204 g/mol. The maximum atomic E-state index is 12.4. The highest BCUT2D eigenvalue weighted by Gasteiger charge is 2.37. The van der Waals surface area contributed by atoms with Crippen molar-refractivity contribution in [2.45, 2.75) is 13.1 Å². The van der Waals surface area contributed by atoms with Gasteiger partial charge in [-0.25, -0.2) is 0 Å². The Hall–Kier alpha value is -1.59. The lowest BCUT2D eigenvalue weighted by Crippen LogP contribution is -2.16. The Balaban J connectivity index is 3.45. The van der Waals surface area contributed by atoms with Crippen molar-refractivity contribution >= 4 is 11.5 Å². The first-order valence-corrected chi connectivity index (χ1v) is 3.66. The number of alkyl halides is 3. The molecular weight excluding hydrogens is 197 g/mol. The van der Waals surface area contributed by atoms with Crippen LogP contribution in [0.25, 0.3) is 0 Å². The molecule has 14 heavy (non-hydrogen) atoms. The fourth-order valence-corrected chi connectivity index (χ4v) is 1.04. The lowest BCUT2D eigenvalue weighted by atomic mass is 10.1. The Kier molecular flexibility index (Phi) is 2.46. The number of Topliss-reactive ketones (excluding diaryl/α,β-unsaturated/α-hetero) is 1. The highest BCUT2D eigenvalue weighted by molar-refractivity contribution is 5.95. The smallest absolute Gasteiger partial charge is 0.398 e. The zero-order chi connectivity index (χ0) is 10.9. The summed E-state index contributed by atoms with van der Waals surface area (Å²) in [5, 5.41) is 0. The Morgan fingerprint density at radius 3 is 2.43 bits per heavy atom. The normalized spacial score (nSPS) is 11.4. The number of rotatable bonds is 1. The molecule has 1 rings (SSSR count). The van der Waals surface area contributed by atoms with E-state index in [1.54, 1.807) is 0 Å². The number of pyridine rings is 1.